The fourth-order valence-electron chi connectivity index (χ4n) is 2.75. The normalized spacial score (nSPS) is 20.1. The van der Waals surface area contributed by atoms with E-state index in [4.69, 9.17) is 10.5 Å². The number of nitrogens with two attached hydrogens (primary N) is 1. The summed E-state index contributed by atoms with van der Waals surface area (Å²) in [5.74, 6) is 0.744. The summed E-state index contributed by atoms with van der Waals surface area (Å²) in [6.45, 7) is 5.87. The molecule has 1 unspecified atom stereocenters. The van der Waals surface area contributed by atoms with E-state index in [9.17, 15) is 4.79 Å². The molecule has 2 N–H and O–H groups in total. The SMILES string of the molecule is CCOC(=O)c1nc(C)n(CC2CCCCN2C)c1N. The molecule has 20 heavy (non-hydrogen) atoms. The van der Waals surface area contributed by atoms with Crippen molar-refractivity contribution >= 4 is 11.8 Å². The Balaban J connectivity index is 2.17. The van der Waals surface area contributed by atoms with Crippen LogP contribution in [0, 0.1) is 6.92 Å². The lowest BCUT2D eigenvalue weighted by molar-refractivity contribution is 0.0521. The lowest BCUT2D eigenvalue weighted by atomic mass is 10.0. The van der Waals surface area contributed by atoms with E-state index < -0.39 is 5.97 Å². The molecule has 0 saturated carbocycles. The molecule has 0 amide bonds. The first-order valence-electron chi connectivity index (χ1n) is 7.24. The van der Waals surface area contributed by atoms with Gasteiger partial charge >= 0.3 is 5.97 Å². The molecular weight excluding hydrogens is 256 g/mol. The van der Waals surface area contributed by atoms with Crippen LogP contribution in [0.25, 0.3) is 0 Å². The van der Waals surface area contributed by atoms with Gasteiger partial charge in [0.15, 0.2) is 5.69 Å². The van der Waals surface area contributed by atoms with Crippen molar-refractivity contribution in [1.82, 2.24) is 14.5 Å². The molecule has 2 rings (SSSR count). The Morgan fingerprint density at radius 3 is 2.90 bits per heavy atom. The Morgan fingerprint density at radius 2 is 2.25 bits per heavy atom. The summed E-state index contributed by atoms with van der Waals surface area (Å²) < 4.78 is 6.91. The van der Waals surface area contributed by atoms with Gasteiger partial charge in [0, 0.05) is 12.6 Å². The highest BCUT2D eigenvalue weighted by atomic mass is 16.5. The Bertz CT molecular complexity index is 484. The first kappa shape index (κ1) is 14.8. The summed E-state index contributed by atoms with van der Waals surface area (Å²) in [5, 5.41) is 0. The largest absolute Gasteiger partial charge is 0.461 e. The minimum Gasteiger partial charge on any atom is -0.461 e. The Labute approximate surface area is 119 Å². The Kier molecular flexibility index (Phi) is 4.65. The topological polar surface area (TPSA) is 73.4 Å². The Morgan fingerprint density at radius 1 is 1.50 bits per heavy atom. The number of nitrogens with zero attached hydrogens (tertiary/aromatic N) is 3. The molecule has 1 fully saturated rings. The second-order valence-corrected chi connectivity index (χ2v) is 5.35. The molecule has 0 aliphatic carbocycles. The van der Waals surface area contributed by atoms with E-state index in [1.807, 2.05) is 11.5 Å². The van der Waals surface area contributed by atoms with Crippen LogP contribution in [0.2, 0.25) is 0 Å². The standard InChI is InChI=1S/C14H24N4O2/c1-4-20-14(19)12-13(15)18(10(2)16-12)9-11-7-5-6-8-17(11)3/h11H,4-9,15H2,1-3H3. The first-order valence-corrected chi connectivity index (χ1v) is 7.24. The number of aryl methyl sites for hydroxylation is 1. The van der Waals surface area contributed by atoms with Crippen molar-refractivity contribution in [2.75, 3.05) is 25.9 Å². The van der Waals surface area contributed by atoms with Crippen LogP contribution in [0.3, 0.4) is 0 Å². The minimum atomic E-state index is -0.441. The number of ether oxygens (including phenoxy) is 1. The van der Waals surface area contributed by atoms with E-state index in [0.717, 1.165) is 25.3 Å². The number of carbonyl (C=O) groups is 1. The predicted molar refractivity (Wildman–Crippen MR) is 77.6 cm³/mol. The number of hydrogen-bond donors (Lipinski definition) is 1. The fraction of sp³-hybridized carbons (Fsp3) is 0.714. The zero-order valence-electron chi connectivity index (χ0n) is 12.6. The quantitative estimate of drug-likeness (QED) is 0.845. The number of anilines is 1. The van der Waals surface area contributed by atoms with Crippen molar-refractivity contribution in [3.8, 4) is 0 Å². The van der Waals surface area contributed by atoms with Crippen molar-refractivity contribution < 1.29 is 9.53 Å². The summed E-state index contributed by atoms with van der Waals surface area (Å²) in [6.07, 6.45) is 3.65. The van der Waals surface area contributed by atoms with Gasteiger partial charge in [0.1, 0.15) is 11.6 Å². The molecule has 1 aliphatic rings. The highest BCUT2D eigenvalue weighted by molar-refractivity contribution is 5.92. The molecule has 1 aromatic rings. The van der Waals surface area contributed by atoms with Gasteiger partial charge in [-0.1, -0.05) is 6.42 Å². The van der Waals surface area contributed by atoms with Gasteiger partial charge < -0.3 is 19.9 Å². The molecule has 1 saturated heterocycles. The van der Waals surface area contributed by atoms with Crippen molar-refractivity contribution in [1.29, 1.82) is 0 Å². The number of carbonyl (C=O) groups excluding carboxylic acids is 1. The molecule has 6 nitrogen and oxygen atoms in total. The maximum atomic E-state index is 11.8. The van der Waals surface area contributed by atoms with Gasteiger partial charge in [-0.15, -0.1) is 0 Å². The van der Waals surface area contributed by atoms with Crippen LogP contribution < -0.4 is 5.73 Å². The number of nitrogen functional groups attached to an aromatic ring is 1. The monoisotopic (exact) mass is 280 g/mol. The number of likely N-dealkylation sites (N-methyl/N-ethyl adjacent to an activating group) is 1. The van der Waals surface area contributed by atoms with E-state index in [1.165, 1.54) is 12.8 Å². The van der Waals surface area contributed by atoms with E-state index in [1.54, 1.807) is 6.92 Å². The number of hydrogen-bond acceptors (Lipinski definition) is 5. The molecule has 0 aromatic carbocycles. The summed E-state index contributed by atoms with van der Waals surface area (Å²) in [5.41, 5.74) is 6.32. The van der Waals surface area contributed by atoms with Gasteiger partial charge in [-0.05, 0) is 40.3 Å². The number of imidazole rings is 1. The number of esters is 1. The highest BCUT2D eigenvalue weighted by Crippen LogP contribution is 2.21. The number of likely N-dealkylation sites (tertiary alicyclic amines) is 1. The lowest BCUT2D eigenvalue weighted by Gasteiger charge is -2.33. The molecule has 0 spiro atoms. The average molecular weight is 280 g/mol. The molecule has 112 valence electrons. The van der Waals surface area contributed by atoms with Crippen LogP contribution in [-0.2, 0) is 11.3 Å². The third-order valence-corrected chi connectivity index (χ3v) is 3.98. The number of piperidine rings is 1. The van der Waals surface area contributed by atoms with E-state index in [0.29, 0.717) is 18.5 Å². The van der Waals surface area contributed by atoms with Crippen LogP contribution in [0.15, 0.2) is 0 Å². The van der Waals surface area contributed by atoms with Crippen LogP contribution >= 0.6 is 0 Å². The van der Waals surface area contributed by atoms with Crippen molar-refractivity contribution in [3.05, 3.63) is 11.5 Å². The van der Waals surface area contributed by atoms with E-state index in [2.05, 4.69) is 16.9 Å². The molecule has 1 aliphatic heterocycles. The van der Waals surface area contributed by atoms with Crippen molar-refractivity contribution in [2.24, 2.45) is 0 Å². The second-order valence-electron chi connectivity index (χ2n) is 5.35. The first-order chi connectivity index (χ1) is 9.54. The van der Waals surface area contributed by atoms with Gasteiger partial charge in [-0.3, -0.25) is 0 Å². The molecule has 0 bridgehead atoms. The molecule has 1 aromatic heterocycles. The average Bonchev–Trinajstić information content (AvgIpc) is 2.69. The summed E-state index contributed by atoms with van der Waals surface area (Å²) >= 11 is 0. The van der Waals surface area contributed by atoms with Crippen molar-refractivity contribution in [2.45, 2.75) is 45.7 Å². The van der Waals surface area contributed by atoms with Gasteiger partial charge in [-0.25, -0.2) is 9.78 Å². The highest BCUT2D eigenvalue weighted by Gasteiger charge is 2.24. The Hall–Kier alpha value is -1.56. The maximum Gasteiger partial charge on any atom is 0.360 e. The maximum absolute atomic E-state index is 11.8. The van der Waals surface area contributed by atoms with E-state index in [-0.39, 0.29) is 5.69 Å². The molecule has 6 heteroatoms. The van der Waals surface area contributed by atoms with Crippen LogP contribution in [0.5, 0.6) is 0 Å². The van der Waals surface area contributed by atoms with Crippen LogP contribution in [0.1, 0.15) is 42.5 Å². The van der Waals surface area contributed by atoms with E-state index >= 15 is 0 Å². The predicted octanol–water partition coefficient (Wildman–Crippen LogP) is 1.43. The van der Waals surface area contributed by atoms with Crippen LogP contribution in [0.4, 0.5) is 5.82 Å². The zero-order chi connectivity index (χ0) is 14.7. The smallest absolute Gasteiger partial charge is 0.360 e. The molecular formula is C14H24N4O2. The molecule has 2 heterocycles. The summed E-state index contributed by atoms with van der Waals surface area (Å²) in [7, 11) is 2.14. The second kappa shape index (κ2) is 6.26. The number of rotatable bonds is 4. The molecule has 1 atom stereocenters. The van der Waals surface area contributed by atoms with Crippen LogP contribution in [-0.4, -0.2) is 46.7 Å². The summed E-state index contributed by atoms with van der Waals surface area (Å²) in [4.78, 5) is 18.4. The van der Waals surface area contributed by atoms with Gasteiger partial charge in [0.05, 0.1) is 6.61 Å². The van der Waals surface area contributed by atoms with Crippen molar-refractivity contribution in [3.63, 3.8) is 0 Å². The fourth-order valence-corrected chi connectivity index (χ4v) is 2.75. The summed E-state index contributed by atoms with van der Waals surface area (Å²) in [6, 6.07) is 0.453. The molecule has 0 radical (unpaired) electrons. The number of aromatic nitrogens is 2. The third kappa shape index (κ3) is 2.95. The zero-order valence-corrected chi connectivity index (χ0v) is 12.6. The minimum absolute atomic E-state index is 0.239. The lowest BCUT2D eigenvalue weighted by Crippen LogP contribution is -2.39. The van der Waals surface area contributed by atoms with Gasteiger partial charge in [0.2, 0.25) is 0 Å². The third-order valence-electron chi connectivity index (χ3n) is 3.98. The van der Waals surface area contributed by atoms with Gasteiger partial charge in [-0.2, -0.15) is 0 Å². The van der Waals surface area contributed by atoms with Gasteiger partial charge in [0.25, 0.3) is 0 Å².